The molecule has 0 aromatic heterocycles. The van der Waals surface area contributed by atoms with Gasteiger partial charge in [-0.3, -0.25) is 9.59 Å². The molecular weight excluding hydrogens is 350 g/mol. The van der Waals surface area contributed by atoms with Crippen LogP contribution in [0.15, 0.2) is 30.3 Å². The number of hydrogen-bond donors (Lipinski definition) is 1. The minimum Gasteiger partial charge on any atom is -0.342 e. The molecule has 1 unspecified atom stereocenters. The topological polar surface area (TPSA) is 52.7 Å². The van der Waals surface area contributed by atoms with Gasteiger partial charge in [0.1, 0.15) is 0 Å². The molecule has 5 nitrogen and oxygen atoms in total. The number of halogens is 1. The molecule has 0 bridgehead atoms. The van der Waals surface area contributed by atoms with Gasteiger partial charge >= 0.3 is 0 Å². The average molecular weight is 378 g/mol. The fourth-order valence-electron chi connectivity index (χ4n) is 4.59. The molecule has 3 fully saturated rings. The van der Waals surface area contributed by atoms with Gasteiger partial charge < -0.3 is 15.1 Å². The number of likely N-dealkylation sites (tertiary alicyclic amines) is 2. The first kappa shape index (κ1) is 19.2. The molecule has 3 aliphatic heterocycles. The van der Waals surface area contributed by atoms with Crippen LogP contribution in [0.1, 0.15) is 24.8 Å². The van der Waals surface area contributed by atoms with Crippen molar-refractivity contribution in [2.45, 2.75) is 25.8 Å². The third kappa shape index (κ3) is 4.04. The first-order valence-corrected chi connectivity index (χ1v) is 9.52. The summed E-state index contributed by atoms with van der Waals surface area (Å²) in [6, 6.07) is 10.0. The Bertz CT molecular complexity index is 625. The van der Waals surface area contributed by atoms with Gasteiger partial charge in [-0.1, -0.05) is 30.3 Å². The monoisotopic (exact) mass is 377 g/mol. The van der Waals surface area contributed by atoms with E-state index in [0.29, 0.717) is 19.5 Å². The summed E-state index contributed by atoms with van der Waals surface area (Å²) in [5, 5.41) is 3.47. The predicted molar refractivity (Wildman–Crippen MR) is 103 cm³/mol. The normalized spacial score (nSPS) is 28.5. The van der Waals surface area contributed by atoms with E-state index in [1.54, 1.807) is 0 Å². The number of benzene rings is 1. The Morgan fingerprint density at radius 2 is 1.73 bits per heavy atom. The van der Waals surface area contributed by atoms with Gasteiger partial charge in [-0.05, 0) is 43.3 Å². The lowest BCUT2D eigenvalue weighted by atomic mass is 9.92. The van der Waals surface area contributed by atoms with E-state index >= 15 is 0 Å². The minimum atomic E-state index is -0.160. The van der Waals surface area contributed by atoms with Gasteiger partial charge in [0.15, 0.2) is 0 Å². The van der Waals surface area contributed by atoms with Crippen LogP contribution in [0.3, 0.4) is 0 Å². The Kier molecular flexibility index (Phi) is 6.20. The van der Waals surface area contributed by atoms with Crippen LogP contribution in [-0.2, 0) is 16.1 Å². The molecule has 0 radical (unpaired) electrons. The van der Waals surface area contributed by atoms with Gasteiger partial charge in [-0.15, -0.1) is 12.4 Å². The van der Waals surface area contributed by atoms with Gasteiger partial charge in [-0.2, -0.15) is 0 Å². The van der Waals surface area contributed by atoms with Gasteiger partial charge in [0.05, 0.1) is 5.92 Å². The lowest BCUT2D eigenvalue weighted by Gasteiger charge is -2.24. The number of amides is 2. The zero-order valence-electron chi connectivity index (χ0n) is 15.1. The number of hydrogen-bond acceptors (Lipinski definition) is 3. The number of nitrogens with zero attached hydrogens (tertiary/aromatic N) is 2. The van der Waals surface area contributed by atoms with E-state index in [0.717, 1.165) is 56.4 Å². The van der Waals surface area contributed by atoms with E-state index < -0.39 is 0 Å². The van der Waals surface area contributed by atoms with E-state index in [1.165, 1.54) is 0 Å². The van der Waals surface area contributed by atoms with Gasteiger partial charge in [0.2, 0.25) is 11.8 Å². The van der Waals surface area contributed by atoms with E-state index in [4.69, 9.17) is 0 Å². The van der Waals surface area contributed by atoms with E-state index in [9.17, 15) is 9.59 Å². The first-order chi connectivity index (χ1) is 12.2. The van der Waals surface area contributed by atoms with Crippen molar-refractivity contribution in [3.05, 3.63) is 35.9 Å². The van der Waals surface area contributed by atoms with Crippen LogP contribution in [0.2, 0.25) is 0 Å². The molecule has 3 heterocycles. The van der Waals surface area contributed by atoms with Crippen molar-refractivity contribution >= 4 is 24.2 Å². The molecule has 1 aromatic carbocycles. The lowest BCUT2D eigenvalue weighted by molar-refractivity contribution is -0.135. The van der Waals surface area contributed by atoms with Crippen molar-refractivity contribution in [1.29, 1.82) is 0 Å². The van der Waals surface area contributed by atoms with Crippen molar-refractivity contribution in [1.82, 2.24) is 15.1 Å². The van der Waals surface area contributed by atoms with Crippen LogP contribution < -0.4 is 5.32 Å². The molecule has 6 heteroatoms. The van der Waals surface area contributed by atoms with E-state index in [2.05, 4.69) is 5.32 Å². The summed E-state index contributed by atoms with van der Waals surface area (Å²) in [5.74, 6) is 1.58. The van der Waals surface area contributed by atoms with Crippen molar-refractivity contribution < 1.29 is 9.59 Å². The van der Waals surface area contributed by atoms with Crippen molar-refractivity contribution in [2.24, 2.45) is 17.8 Å². The summed E-state index contributed by atoms with van der Waals surface area (Å²) in [5.41, 5.74) is 1.12. The Hall–Kier alpha value is -1.59. The summed E-state index contributed by atoms with van der Waals surface area (Å²) < 4.78 is 0. The molecule has 26 heavy (non-hydrogen) atoms. The van der Waals surface area contributed by atoms with Crippen LogP contribution in [-0.4, -0.2) is 54.3 Å². The molecule has 0 aliphatic carbocycles. The minimum absolute atomic E-state index is 0. The fraction of sp³-hybridized carbons (Fsp3) is 0.600. The molecule has 2 amide bonds. The van der Waals surface area contributed by atoms with Crippen LogP contribution in [0.4, 0.5) is 0 Å². The molecule has 3 saturated heterocycles. The van der Waals surface area contributed by atoms with Crippen LogP contribution in [0, 0.1) is 17.8 Å². The number of nitrogens with one attached hydrogen (secondary N) is 1. The van der Waals surface area contributed by atoms with Gasteiger partial charge in [0.25, 0.3) is 0 Å². The Balaban J connectivity index is 0.00000196. The first-order valence-electron chi connectivity index (χ1n) is 9.52. The van der Waals surface area contributed by atoms with Crippen LogP contribution >= 0.6 is 12.4 Å². The van der Waals surface area contributed by atoms with Crippen LogP contribution in [0.25, 0.3) is 0 Å². The molecule has 1 aromatic rings. The molecule has 1 N–H and O–H groups in total. The zero-order chi connectivity index (χ0) is 17.2. The second-order valence-electron chi connectivity index (χ2n) is 7.74. The molecular formula is C20H28ClN3O2. The van der Waals surface area contributed by atoms with Crippen molar-refractivity contribution in [2.75, 3.05) is 32.7 Å². The second-order valence-corrected chi connectivity index (χ2v) is 7.74. The summed E-state index contributed by atoms with van der Waals surface area (Å²) in [6.45, 7) is 5.08. The standard InChI is InChI=1S/C20H27N3O2.ClH/c24-19-10-18(14-23(19)13-15-4-2-1-3-5-15)20(25)22-8-6-16-11-21-12-17(16)7-9-22;/h1-5,16-18,21H,6-14H2;1H/t16-,17+,18?;. The second kappa shape index (κ2) is 8.40. The smallest absolute Gasteiger partial charge is 0.227 e. The average Bonchev–Trinajstić information content (AvgIpc) is 3.17. The highest BCUT2D eigenvalue weighted by Crippen LogP contribution is 2.29. The number of rotatable bonds is 3. The maximum atomic E-state index is 12.9. The van der Waals surface area contributed by atoms with Crippen molar-refractivity contribution in [3.8, 4) is 0 Å². The molecule has 0 saturated carbocycles. The molecule has 0 spiro atoms. The third-order valence-corrected chi connectivity index (χ3v) is 6.11. The Morgan fingerprint density at radius 3 is 2.38 bits per heavy atom. The summed E-state index contributed by atoms with van der Waals surface area (Å²) in [7, 11) is 0. The lowest BCUT2D eigenvalue weighted by Crippen LogP contribution is -2.38. The number of fused-ring (bicyclic) bond motifs is 1. The maximum absolute atomic E-state index is 12.9. The molecule has 3 atom stereocenters. The predicted octanol–water partition coefficient (Wildman–Crippen LogP) is 1.91. The van der Waals surface area contributed by atoms with Crippen LogP contribution in [0.5, 0.6) is 0 Å². The maximum Gasteiger partial charge on any atom is 0.227 e. The van der Waals surface area contributed by atoms with Crippen molar-refractivity contribution in [3.63, 3.8) is 0 Å². The van der Waals surface area contributed by atoms with E-state index in [1.807, 2.05) is 40.1 Å². The molecule has 3 aliphatic rings. The third-order valence-electron chi connectivity index (χ3n) is 6.11. The number of carbonyl (C=O) groups excluding carboxylic acids is 2. The zero-order valence-corrected chi connectivity index (χ0v) is 15.9. The Labute approximate surface area is 161 Å². The van der Waals surface area contributed by atoms with Gasteiger partial charge in [-0.25, -0.2) is 0 Å². The number of carbonyl (C=O) groups is 2. The molecule has 4 rings (SSSR count). The summed E-state index contributed by atoms with van der Waals surface area (Å²) in [4.78, 5) is 29.2. The highest BCUT2D eigenvalue weighted by Gasteiger charge is 2.38. The SMILES string of the molecule is Cl.O=C1CC(C(=O)N2CC[C@@H]3CNC[C@@H]3CC2)CN1Cc1ccccc1. The Morgan fingerprint density at radius 1 is 1.08 bits per heavy atom. The van der Waals surface area contributed by atoms with Gasteiger partial charge in [0, 0.05) is 32.6 Å². The largest absolute Gasteiger partial charge is 0.342 e. The van der Waals surface area contributed by atoms with E-state index in [-0.39, 0.29) is 30.1 Å². The summed E-state index contributed by atoms with van der Waals surface area (Å²) in [6.07, 6.45) is 2.56. The highest BCUT2D eigenvalue weighted by atomic mass is 35.5. The fourth-order valence-corrected chi connectivity index (χ4v) is 4.59. The molecule has 142 valence electrons. The quantitative estimate of drug-likeness (QED) is 0.875. The summed E-state index contributed by atoms with van der Waals surface area (Å²) >= 11 is 0. The highest BCUT2D eigenvalue weighted by molar-refractivity contribution is 5.89.